The van der Waals surface area contributed by atoms with E-state index in [1.165, 1.54) is 23.3 Å². The number of carbonyl (C=O) groups excluding carboxylic acids is 4. The quantitative estimate of drug-likeness (QED) is 0.272. The standard InChI is InChI=1S/C36H42N6O7S/c1-47-34(45)36-20-22(36)11-5-3-2-4-6-15-27(38-35(46)49-23-12-7-8-13-23)33(44)42-21-24(19-28(42)30(43)41-36)48-31-25-16-18-50-32(25)40-29(39-31)26-14-9-10-17-37-26/h5,9-11,14,16-18,22-24,27-28H,2-4,6-8,12-13,15,19-21H2,1H3,(H,38,46)(H,41,43)/b11-5-/t22-,24-,27+,28+,36-/m1/s1. The molecule has 0 aromatic carbocycles. The zero-order chi connectivity index (χ0) is 34.7. The van der Waals surface area contributed by atoms with Crippen LogP contribution in [0.3, 0.4) is 0 Å². The molecule has 1 saturated heterocycles. The molecule has 3 aromatic rings. The average molecular weight is 703 g/mol. The average Bonchev–Trinajstić information content (AvgIpc) is 3.58. The summed E-state index contributed by atoms with van der Waals surface area (Å²) in [4.78, 5) is 70.7. The van der Waals surface area contributed by atoms with Gasteiger partial charge in [-0.15, -0.1) is 11.3 Å². The predicted octanol–water partition coefficient (Wildman–Crippen LogP) is 4.71. The number of amides is 3. The van der Waals surface area contributed by atoms with Crippen LogP contribution in [0, 0.1) is 5.92 Å². The van der Waals surface area contributed by atoms with Crippen LogP contribution in [0.2, 0.25) is 0 Å². The summed E-state index contributed by atoms with van der Waals surface area (Å²) in [6, 6.07) is 5.48. The highest BCUT2D eigenvalue weighted by Gasteiger charge is 2.62. The third kappa shape index (κ3) is 7.16. The molecule has 2 N–H and O–H groups in total. The van der Waals surface area contributed by atoms with Gasteiger partial charge in [0.25, 0.3) is 0 Å². The van der Waals surface area contributed by atoms with Gasteiger partial charge < -0.3 is 29.7 Å². The number of alkyl carbamates (subject to hydrolysis) is 1. The lowest BCUT2D eigenvalue weighted by molar-refractivity contribution is -0.148. The maximum absolute atomic E-state index is 14.4. The van der Waals surface area contributed by atoms with E-state index in [2.05, 4.69) is 20.6 Å². The van der Waals surface area contributed by atoms with Crippen LogP contribution < -0.4 is 15.4 Å². The molecule has 3 fully saturated rings. The number of allylic oxidation sites excluding steroid dienone is 1. The largest absolute Gasteiger partial charge is 0.472 e. The summed E-state index contributed by atoms with van der Waals surface area (Å²) >= 11 is 1.45. The van der Waals surface area contributed by atoms with Crippen molar-refractivity contribution in [2.24, 2.45) is 5.92 Å². The monoisotopic (exact) mass is 702 g/mol. The van der Waals surface area contributed by atoms with E-state index in [1.807, 2.05) is 41.8 Å². The Hall–Kier alpha value is -4.59. The van der Waals surface area contributed by atoms with Crippen LogP contribution in [0.25, 0.3) is 21.7 Å². The van der Waals surface area contributed by atoms with Gasteiger partial charge >= 0.3 is 12.1 Å². The summed E-state index contributed by atoms with van der Waals surface area (Å²) in [7, 11) is 1.31. The molecule has 13 nitrogen and oxygen atoms in total. The summed E-state index contributed by atoms with van der Waals surface area (Å²) in [6.07, 6.45) is 12.0. The van der Waals surface area contributed by atoms with Crippen LogP contribution in [0.4, 0.5) is 4.79 Å². The van der Waals surface area contributed by atoms with E-state index in [0.29, 0.717) is 42.0 Å². The molecule has 0 bridgehead atoms. The van der Waals surface area contributed by atoms with E-state index >= 15 is 0 Å². The molecule has 0 radical (unpaired) electrons. The Balaban J connectivity index is 1.18. The van der Waals surface area contributed by atoms with Crippen molar-refractivity contribution in [3.8, 4) is 17.4 Å². The summed E-state index contributed by atoms with van der Waals surface area (Å²) in [6.45, 7) is 0.0654. The summed E-state index contributed by atoms with van der Waals surface area (Å²) in [5.74, 6) is -0.888. The topological polar surface area (TPSA) is 162 Å². The molecule has 0 unspecified atom stereocenters. The van der Waals surface area contributed by atoms with Gasteiger partial charge in [0.1, 0.15) is 40.4 Å². The van der Waals surface area contributed by atoms with Crippen LogP contribution in [0.15, 0.2) is 48.0 Å². The van der Waals surface area contributed by atoms with Crippen molar-refractivity contribution < 1.29 is 33.4 Å². The molecule has 2 aliphatic heterocycles. The number of rotatable bonds is 6. The van der Waals surface area contributed by atoms with Crippen LogP contribution in [-0.2, 0) is 23.9 Å². The Bertz CT molecular complexity index is 1760. The van der Waals surface area contributed by atoms with Crippen molar-refractivity contribution in [1.29, 1.82) is 0 Å². The zero-order valence-corrected chi connectivity index (χ0v) is 28.9. The lowest BCUT2D eigenvalue weighted by atomic mass is 10.0. The molecular weight excluding hydrogens is 660 g/mol. The van der Waals surface area contributed by atoms with Crippen molar-refractivity contribution in [3.05, 3.63) is 48.0 Å². The number of ether oxygens (including phenoxy) is 3. The van der Waals surface area contributed by atoms with E-state index in [9.17, 15) is 19.2 Å². The number of esters is 1. The van der Waals surface area contributed by atoms with Crippen molar-refractivity contribution in [1.82, 2.24) is 30.5 Å². The SMILES string of the molecule is COC(=O)[C@@]12C[C@H]1/C=C\CCCCC[C@H](NC(=O)OC1CCCC1)C(=O)N1C[C@H](Oc3nc(-c4ccccn4)nc4sccc34)C[C@H]1C(=O)N2. The van der Waals surface area contributed by atoms with Crippen molar-refractivity contribution >= 4 is 45.4 Å². The van der Waals surface area contributed by atoms with Gasteiger partial charge in [0.05, 0.1) is 19.0 Å². The summed E-state index contributed by atoms with van der Waals surface area (Å²) in [5, 5.41) is 8.41. The number of pyridine rings is 1. The van der Waals surface area contributed by atoms with E-state index in [4.69, 9.17) is 19.2 Å². The highest BCUT2D eigenvalue weighted by molar-refractivity contribution is 7.16. The van der Waals surface area contributed by atoms with Crippen LogP contribution in [-0.4, -0.2) is 87.2 Å². The first kappa shape index (κ1) is 33.9. The molecular formula is C36H42N6O7S. The van der Waals surface area contributed by atoms with Gasteiger partial charge in [-0.05, 0) is 74.9 Å². The fourth-order valence-electron chi connectivity index (χ4n) is 7.33. The van der Waals surface area contributed by atoms with Gasteiger partial charge in [-0.1, -0.05) is 31.1 Å². The minimum absolute atomic E-state index is 0.0654. The molecule has 7 rings (SSSR count). The smallest absolute Gasteiger partial charge is 0.408 e. The number of hydrogen-bond acceptors (Lipinski definition) is 11. The van der Waals surface area contributed by atoms with Crippen LogP contribution in [0.5, 0.6) is 5.88 Å². The molecule has 5 atom stereocenters. The second-order valence-electron chi connectivity index (χ2n) is 13.5. The highest BCUT2D eigenvalue weighted by Crippen LogP contribution is 2.46. The Morgan fingerprint density at radius 1 is 1.04 bits per heavy atom. The minimum atomic E-state index is -1.20. The normalized spacial score (nSPS) is 28.1. The Kier molecular flexibility index (Phi) is 9.97. The maximum Gasteiger partial charge on any atom is 0.408 e. The van der Waals surface area contributed by atoms with E-state index in [1.54, 1.807) is 6.20 Å². The number of hydrogen-bond donors (Lipinski definition) is 2. The summed E-state index contributed by atoms with van der Waals surface area (Å²) < 4.78 is 17.3. The summed E-state index contributed by atoms with van der Waals surface area (Å²) in [5.41, 5.74) is -0.618. The van der Waals surface area contributed by atoms with Crippen molar-refractivity contribution in [2.75, 3.05) is 13.7 Å². The number of nitrogens with zero attached hydrogens (tertiary/aromatic N) is 4. The van der Waals surface area contributed by atoms with E-state index < -0.39 is 47.6 Å². The first-order valence-corrected chi connectivity index (χ1v) is 18.4. The maximum atomic E-state index is 14.4. The van der Waals surface area contributed by atoms with Crippen LogP contribution >= 0.6 is 11.3 Å². The van der Waals surface area contributed by atoms with Crippen LogP contribution in [0.1, 0.15) is 70.6 Å². The lowest BCUT2D eigenvalue weighted by Crippen LogP contribution is -2.56. The number of aromatic nitrogens is 3. The number of thiophene rings is 1. The molecule has 3 aromatic heterocycles. The first-order valence-electron chi connectivity index (χ1n) is 17.5. The molecule has 0 spiro atoms. The molecule has 14 heteroatoms. The molecule has 4 aliphatic rings. The number of methoxy groups -OCH3 is 1. The lowest BCUT2D eigenvalue weighted by Gasteiger charge is -2.29. The number of fused-ring (bicyclic) bond motifs is 3. The molecule has 2 aliphatic carbocycles. The van der Waals surface area contributed by atoms with Crippen molar-refractivity contribution in [3.63, 3.8) is 0 Å². The number of nitrogens with one attached hydrogen (secondary N) is 2. The first-order chi connectivity index (χ1) is 24.3. The van der Waals surface area contributed by atoms with Gasteiger partial charge in [0.15, 0.2) is 5.82 Å². The van der Waals surface area contributed by atoms with E-state index in [0.717, 1.165) is 49.8 Å². The second kappa shape index (κ2) is 14.7. The molecule has 50 heavy (non-hydrogen) atoms. The van der Waals surface area contributed by atoms with Gasteiger partial charge in [-0.3, -0.25) is 14.6 Å². The Labute approximate surface area is 294 Å². The predicted molar refractivity (Wildman–Crippen MR) is 184 cm³/mol. The second-order valence-corrected chi connectivity index (χ2v) is 14.4. The molecule has 2 saturated carbocycles. The third-order valence-electron chi connectivity index (χ3n) is 10.1. The minimum Gasteiger partial charge on any atom is -0.472 e. The Morgan fingerprint density at radius 2 is 1.88 bits per heavy atom. The molecule has 5 heterocycles. The molecule has 264 valence electrons. The van der Waals surface area contributed by atoms with Gasteiger partial charge in [0, 0.05) is 18.5 Å². The fourth-order valence-corrected chi connectivity index (χ4v) is 8.09. The van der Waals surface area contributed by atoms with Gasteiger partial charge in [0.2, 0.25) is 17.7 Å². The fraction of sp³-hybridized carbons (Fsp3) is 0.528. The zero-order valence-electron chi connectivity index (χ0n) is 28.0. The van der Waals surface area contributed by atoms with E-state index in [-0.39, 0.29) is 25.0 Å². The van der Waals surface area contributed by atoms with Gasteiger partial charge in [-0.25, -0.2) is 14.6 Å². The molecule has 3 amide bonds. The van der Waals surface area contributed by atoms with Gasteiger partial charge in [-0.2, -0.15) is 4.98 Å². The van der Waals surface area contributed by atoms with Crippen molar-refractivity contribution in [2.45, 2.75) is 100 Å². The third-order valence-corrected chi connectivity index (χ3v) is 10.9. The number of carbonyl (C=O) groups is 4. The highest BCUT2D eigenvalue weighted by atomic mass is 32.1. The Morgan fingerprint density at radius 3 is 2.68 bits per heavy atom.